The lowest BCUT2D eigenvalue weighted by Gasteiger charge is -2.11. The zero-order valence-corrected chi connectivity index (χ0v) is 11.3. The maximum atomic E-state index is 6.32. The van der Waals surface area contributed by atoms with E-state index in [9.17, 15) is 0 Å². The van der Waals surface area contributed by atoms with Crippen LogP contribution in [0.2, 0.25) is 0 Å². The van der Waals surface area contributed by atoms with Crippen molar-refractivity contribution in [3.8, 4) is 5.69 Å². The van der Waals surface area contributed by atoms with Gasteiger partial charge in [0.15, 0.2) is 0 Å². The third-order valence-corrected chi connectivity index (χ3v) is 3.40. The minimum atomic E-state index is -0.207. The Kier molecular flexibility index (Phi) is 3.31. The quantitative estimate of drug-likeness (QED) is 0.791. The highest BCUT2D eigenvalue weighted by Crippen LogP contribution is 2.22. The Balaban J connectivity index is 1.93. The van der Waals surface area contributed by atoms with Crippen molar-refractivity contribution in [1.29, 1.82) is 0 Å². The molecule has 2 aromatic heterocycles. The molecule has 0 aliphatic heterocycles. The van der Waals surface area contributed by atoms with Crippen molar-refractivity contribution < 1.29 is 0 Å². The number of hydrogen-bond acceptors (Lipinski definition) is 3. The SMILES string of the molecule is Cc1ccncc1C(N)c1cnn(-c2ccccc2)c1. The minimum absolute atomic E-state index is 0.207. The smallest absolute Gasteiger partial charge is 0.0645 e. The first-order valence-corrected chi connectivity index (χ1v) is 6.52. The van der Waals surface area contributed by atoms with Crippen LogP contribution in [-0.4, -0.2) is 14.8 Å². The van der Waals surface area contributed by atoms with Crippen molar-refractivity contribution >= 4 is 0 Å². The number of para-hydroxylation sites is 1. The number of pyridine rings is 1. The number of benzene rings is 1. The first kappa shape index (κ1) is 12.6. The third-order valence-electron chi connectivity index (χ3n) is 3.40. The van der Waals surface area contributed by atoms with Gasteiger partial charge >= 0.3 is 0 Å². The maximum absolute atomic E-state index is 6.32. The van der Waals surface area contributed by atoms with E-state index in [0.29, 0.717) is 0 Å². The average molecular weight is 264 g/mol. The normalized spacial score (nSPS) is 12.3. The summed E-state index contributed by atoms with van der Waals surface area (Å²) in [5, 5.41) is 4.38. The summed E-state index contributed by atoms with van der Waals surface area (Å²) in [4.78, 5) is 4.15. The lowest BCUT2D eigenvalue weighted by atomic mass is 10.0. The number of nitrogens with two attached hydrogens (primary N) is 1. The van der Waals surface area contributed by atoms with Crippen molar-refractivity contribution in [3.63, 3.8) is 0 Å². The van der Waals surface area contributed by atoms with E-state index in [-0.39, 0.29) is 6.04 Å². The van der Waals surface area contributed by atoms with Gasteiger partial charge in [0.05, 0.1) is 17.9 Å². The van der Waals surface area contributed by atoms with Crippen molar-refractivity contribution in [2.24, 2.45) is 5.73 Å². The highest BCUT2D eigenvalue weighted by atomic mass is 15.3. The third kappa shape index (κ3) is 2.33. The van der Waals surface area contributed by atoms with Gasteiger partial charge in [0.2, 0.25) is 0 Å². The van der Waals surface area contributed by atoms with E-state index in [1.165, 1.54) is 0 Å². The van der Waals surface area contributed by atoms with Crippen LogP contribution in [0.5, 0.6) is 0 Å². The highest BCUT2D eigenvalue weighted by Gasteiger charge is 2.13. The minimum Gasteiger partial charge on any atom is -0.320 e. The van der Waals surface area contributed by atoms with Gasteiger partial charge in [-0.15, -0.1) is 0 Å². The molecule has 0 aliphatic carbocycles. The lowest BCUT2D eigenvalue weighted by Crippen LogP contribution is -2.12. The van der Waals surface area contributed by atoms with E-state index in [1.54, 1.807) is 6.20 Å². The summed E-state index contributed by atoms with van der Waals surface area (Å²) < 4.78 is 1.83. The molecule has 100 valence electrons. The summed E-state index contributed by atoms with van der Waals surface area (Å²) in [7, 11) is 0. The molecule has 0 fully saturated rings. The van der Waals surface area contributed by atoms with Gasteiger partial charge in [-0.2, -0.15) is 5.10 Å². The molecule has 4 heteroatoms. The molecule has 0 aliphatic rings. The molecule has 0 amide bonds. The molecule has 0 saturated heterocycles. The van der Waals surface area contributed by atoms with Gasteiger partial charge in [-0.25, -0.2) is 4.68 Å². The Bertz CT molecular complexity index is 703. The van der Waals surface area contributed by atoms with Crippen LogP contribution in [0.1, 0.15) is 22.7 Å². The van der Waals surface area contributed by atoms with Gasteiger partial charge in [0, 0.05) is 24.2 Å². The Hall–Kier alpha value is -2.46. The number of aryl methyl sites for hydroxylation is 1. The first-order valence-electron chi connectivity index (χ1n) is 6.52. The lowest BCUT2D eigenvalue weighted by molar-refractivity contribution is 0.848. The highest BCUT2D eigenvalue weighted by molar-refractivity contribution is 5.35. The number of hydrogen-bond donors (Lipinski definition) is 1. The summed E-state index contributed by atoms with van der Waals surface area (Å²) in [6.45, 7) is 2.04. The maximum Gasteiger partial charge on any atom is 0.0645 e. The monoisotopic (exact) mass is 264 g/mol. The summed E-state index contributed by atoms with van der Waals surface area (Å²) in [6, 6.07) is 11.7. The van der Waals surface area contributed by atoms with Crippen LogP contribution < -0.4 is 5.73 Å². The van der Waals surface area contributed by atoms with E-state index in [4.69, 9.17) is 5.73 Å². The Morgan fingerprint density at radius 3 is 2.65 bits per heavy atom. The van der Waals surface area contributed by atoms with E-state index in [1.807, 2.05) is 66.6 Å². The molecule has 4 nitrogen and oxygen atoms in total. The molecular weight excluding hydrogens is 248 g/mol. The van der Waals surface area contributed by atoms with Gasteiger partial charge in [-0.1, -0.05) is 18.2 Å². The van der Waals surface area contributed by atoms with E-state index < -0.39 is 0 Å². The second-order valence-corrected chi connectivity index (χ2v) is 4.76. The fraction of sp³-hybridized carbons (Fsp3) is 0.125. The van der Waals surface area contributed by atoms with Crippen LogP contribution >= 0.6 is 0 Å². The van der Waals surface area contributed by atoms with Crippen LogP contribution in [0.15, 0.2) is 61.2 Å². The fourth-order valence-electron chi connectivity index (χ4n) is 2.20. The Morgan fingerprint density at radius 2 is 1.90 bits per heavy atom. The molecule has 2 heterocycles. The molecule has 0 spiro atoms. The molecule has 1 atom stereocenters. The van der Waals surface area contributed by atoms with Gasteiger partial charge in [0.25, 0.3) is 0 Å². The van der Waals surface area contributed by atoms with E-state index in [0.717, 1.165) is 22.4 Å². The van der Waals surface area contributed by atoms with Crippen molar-refractivity contribution in [1.82, 2.24) is 14.8 Å². The van der Waals surface area contributed by atoms with Crippen molar-refractivity contribution in [3.05, 3.63) is 77.9 Å². The van der Waals surface area contributed by atoms with Gasteiger partial charge in [0.1, 0.15) is 0 Å². The molecule has 0 bridgehead atoms. The zero-order chi connectivity index (χ0) is 13.9. The van der Waals surface area contributed by atoms with Crippen LogP contribution in [-0.2, 0) is 0 Å². The number of nitrogens with zero attached hydrogens (tertiary/aromatic N) is 3. The van der Waals surface area contributed by atoms with E-state index in [2.05, 4.69) is 10.1 Å². The van der Waals surface area contributed by atoms with Crippen LogP contribution in [0.4, 0.5) is 0 Å². The molecular formula is C16H16N4. The second-order valence-electron chi connectivity index (χ2n) is 4.76. The molecule has 20 heavy (non-hydrogen) atoms. The summed E-state index contributed by atoms with van der Waals surface area (Å²) in [5.41, 5.74) is 10.5. The van der Waals surface area contributed by atoms with Gasteiger partial charge in [-0.05, 0) is 36.2 Å². The van der Waals surface area contributed by atoms with Gasteiger partial charge in [-0.3, -0.25) is 4.98 Å². The first-order chi connectivity index (χ1) is 9.75. The molecule has 0 saturated carbocycles. The van der Waals surface area contributed by atoms with E-state index >= 15 is 0 Å². The Labute approximate surface area is 117 Å². The van der Waals surface area contributed by atoms with Gasteiger partial charge < -0.3 is 5.73 Å². The summed E-state index contributed by atoms with van der Waals surface area (Å²) >= 11 is 0. The molecule has 1 aromatic carbocycles. The Morgan fingerprint density at radius 1 is 1.10 bits per heavy atom. The standard InChI is InChI=1S/C16H16N4/c1-12-7-8-18-10-15(12)16(17)13-9-19-20(11-13)14-5-3-2-4-6-14/h2-11,16H,17H2,1H3. The molecule has 3 rings (SSSR count). The molecule has 1 unspecified atom stereocenters. The van der Waals surface area contributed by atoms with Crippen LogP contribution in [0.3, 0.4) is 0 Å². The summed E-state index contributed by atoms with van der Waals surface area (Å²) in [6.07, 6.45) is 7.37. The second kappa shape index (κ2) is 5.27. The van der Waals surface area contributed by atoms with Crippen molar-refractivity contribution in [2.45, 2.75) is 13.0 Å². The zero-order valence-electron chi connectivity index (χ0n) is 11.3. The summed E-state index contributed by atoms with van der Waals surface area (Å²) in [5.74, 6) is 0. The van der Waals surface area contributed by atoms with Crippen LogP contribution in [0.25, 0.3) is 5.69 Å². The predicted molar refractivity (Wildman–Crippen MR) is 78.6 cm³/mol. The topological polar surface area (TPSA) is 56.7 Å². The number of aromatic nitrogens is 3. The van der Waals surface area contributed by atoms with Crippen molar-refractivity contribution in [2.75, 3.05) is 0 Å². The molecule has 0 radical (unpaired) electrons. The largest absolute Gasteiger partial charge is 0.320 e. The number of rotatable bonds is 3. The molecule has 3 aromatic rings. The van der Waals surface area contributed by atoms with Crippen LogP contribution in [0, 0.1) is 6.92 Å². The fourth-order valence-corrected chi connectivity index (χ4v) is 2.20. The molecule has 2 N–H and O–H groups in total. The average Bonchev–Trinajstić information content (AvgIpc) is 2.98. The predicted octanol–water partition coefficient (Wildman–Crippen LogP) is 2.62.